The van der Waals surface area contributed by atoms with Crippen molar-refractivity contribution in [2.45, 2.75) is 6.17 Å². The van der Waals surface area contributed by atoms with Crippen LogP contribution in [0, 0.1) is 5.82 Å². The van der Waals surface area contributed by atoms with Crippen molar-refractivity contribution in [2.24, 2.45) is 15.7 Å². The Labute approximate surface area is 147 Å². The van der Waals surface area contributed by atoms with Gasteiger partial charge in [0.15, 0.2) is 6.17 Å². The summed E-state index contributed by atoms with van der Waals surface area (Å²) in [7, 11) is 0. The second kappa shape index (κ2) is 6.35. The fraction of sp³-hybridized carbons (Fsp3) is 0.0667. The lowest BCUT2D eigenvalue weighted by molar-refractivity contribution is 0.585. The molecule has 0 fully saturated rings. The molecule has 0 aromatic heterocycles. The summed E-state index contributed by atoms with van der Waals surface area (Å²) in [6.45, 7) is 0. The van der Waals surface area contributed by atoms with Crippen LogP contribution in [0.2, 0.25) is 10.0 Å². The Bertz CT molecular complexity index is 785. The van der Waals surface area contributed by atoms with Gasteiger partial charge in [0.1, 0.15) is 5.82 Å². The molecule has 1 aliphatic heterocycles. The summed E-state index contributed by atoms with van der Waals surface area (Å²) in [5, 5.41) is 0.706. The van der Waals surface area contributed by atoms with E-state index in [0.717, 1.165) is 0 Å². The Balaban J connectivity index is 2.15. The van der Waals surface area contributed by atoms with Gasteiger partial charge in [-0.2, -0.15) is 4.99 Å². The molecule has 1 aliphatic rings. The summed E-state index contributed by atoms with van der Waals surface area (Å²) < 4.78 is 14.3. The molecular weight excluding hydrogens is 362 g/mol. The van der Waals surface area contributed by atoms with E-state index in [1.165, 1.54) is 17.0 Å². The van der Waals surface area contributed by atoms with Crippen LogP contribution in [0.4, 0.5) is 10.1 Å². The molecule has 4 nitrogen and oxygen atoms in total. The van der Waals surface area contributed by atoms with Gasteiger partial charge in [-0.15, -0.1) is 0 Å². The van der Waals surface area contributed by atoms with Gasteiger partial charge in [-0.05, 0) is 48.0 Å². The standard InChI is InChI=1S/C15H10Cl3FN4/c16-8-4-6-9(7-5-8)23-13(21-14(18)22-15(23)20)12-10(17)2-1-3-11(12)19/h1-7,13H,(H2,20,21,22). The molecule has 0 saturated carbocycles. The van der Waals surface area contributed by atoms with Crippen molar-refractivity contribution < 1.29 is 4.39 Å². The number of aliphatic imine (C=N–C) groups is 2. The quantitative estimate of drug-likeness (QED) is 0.787. The van der Waals surface area contributed by atoms with Crippen LogP contribution in [0.25, 0.3) is 0 Å². The van der Waals surface area contributed by atoms with Gasteiger partial charge in [0.25, 0.3) is 0 Å². The van der Waals surface area contributed by atoms with Gasteiger partial charge in [-0.25, -0.2) is 9.38 Å². The third kappa shape index (κ3) is 3.13. The average Bonchev–Trinajstić information content (AvgIpc) is 2.48. The third-order valence-corrected chi connectivity index (χ3v) is 4.05. The van der Waals surface area contributed by atoms with E-state index in [1.807, 2.05) is 0 Å². The van der Waals surface area contributed by atoms with Crippen molar-refractivity contribution in [1.29, 1.82) is 0 Å². The Morgan fingerprint density at radius 2 is 1.74 bits per heavy atom. The molecule has 118 valence electrons. The van der Waals surface area contributed by atoms with Crippen LogP contribution in [-0.4, -0.2) is 11.3 Å². The minimum atomic E-state index is -0.866. The number of anilines is 1. The number of guanidine groups is 1. The minimum Gasteiger partial charge on any atom is -0.369 e. The first-order chi connectivity index (χ1) is 11.0. The lowest BCUT2D eigenvalue weighted by Gasteiger charge is -2.33. The van der Waals surface area contributed by atoms with E-state index in [4.69, 9.17) is 40.5 Å². The Morgan fingerprint density at radius 1 is 1.04 bits per heavy atom. The molecule has 0 amide bonds. The molecule has 1 heterocycles. The minimum absolute atomic E-state index is 0.0722. The monoisotopic (exact) mass is 370 g/mol. The molecule has 1 atom stereocenters. The van der Waals surface area contributed by atoms with Gasteiger partial charge in [0, 0.05) is 10.7 Å². The molecule has 2 aromatic carbocycles. The van der Waals surface area contributed by atoms with E-state index >= 15 is 0 Å². The molecule has 0 aliphatic carbocycles. The molecule has 0 bridgehead atoms. The number of halogens is 4. The molecule has 0 saturated heterocycles. The predicted octanol–water partition coefficient (Wildman–Crippen LogP) is 4.56. The van der Waals surface area contributed by atoms with Gasteiger partial charge in [0.2, 0.25) is 11.3 Å². The van der Waals surface area contributed by atoms with Crippen LogP contribution in [0.5, 0.6) is 0 Å². The zero-order valence-corrected chi connectivity index (χ0v) is 13.8. The van der Waals surface area contributed by atoms with Gasteiger partial charge < -0.3 is 5.73 Å². The van der Waals surface area contributed by atoms with Crippen LogP contribution in [0.3, 0.4) is 0 Å². The van der Waals surface area contributed by atoms with Crippen molar-refractivity contribution >= 4 is 51.7 Å². The Morgan fingerprint density at radius 3 is 2.39 bits per heavy atom. The molecule has 2 N–H and O–H groups in total. The highest BCUT2D eigenvalue weighted by Crippen LogP contribution is 2.36. The average molecular weight is 372 g/mol. The number of rotatable bonds is 2. The molecule has 0 radical (unpaired) electrons. The summed E-state index contributed by atoms with van der Waals surface area (Å²) in [6.07, 6.45) is -0.866. The zero-order valence-electron chi connectivity index (χ0n) is 11.5. The van der Waals surface area contributed by atoms with Gasteiger partial charge in [-0.1, -0.05) is 29.3 Å². The Kier molecular flexibility index (Phi) is 4.43. The number of nitrogens with two attached hydrogens (primary N) is 1. The maximum Gasteiger partial charge on any atom is 0.223 e. The SMILES string of the molecule is NC1=NC(Cl)=NC(c2c(F)cccc2Cl)N1c1ccc(Cl)cc1. The third-order valence-electron chi connectivity index (χ3n) is 3.29. The number of hydrogen-bond acceptors (Lipinski definition) is 4. The topological polar surface area (TPSA) is 54.0 Å². The van der Waals surface area contributed by atoms with Crippen LogP contribution >= 0.6 is 34.8 Å². The van der Waals surface area contributed by atoms with Crippen LogP contribution in [0.1, 0.15) is 11.7 Å². The molecule has 0 spiro atoms. The maximum absolute atomic E-state index is 14.3. The van der Waals surface area contributed by atoms with Crippen molar-refractivity contribution in [3.05, 3.63) is 63.9 Å². The van der Waals surface area contributed by atoms with Crippen molar-refractivity contribution in [3.8, 4) is 0 Å². The van der Waals surface area contributed by atoms with Crippen molar-refractivity contribution in [2.75, 3.05) is 4.90 Å². The lowest BCUT2D eigenvalue weighted by Crippen LogP contribution is -2.43. The number of hydrogen-bond donors (Lipinski definition) is 1. The summed E-state index contributed by atoms with van der Waals surface area (Å²) in [4.78, 5) is 9.66. The Hall–Kier alpha value is -1.82. The predicted molar refractivity (Wildman–Crippen MR) is 93.0 cm³/mol. The summed E-state index contributed by atoms with van der Waals surface area (Å²) >= 11 is 18.0. The first-order valence-corrected chi connectivity index (χ1v) is 7.67. The maximum atomic E-state index is 14.3. The van der Waals surface area contributed by atoms with Crippen LogP contribution < -0.4 is 10.6 Å². The zero-order chi connectivity index (χ0) is 16.6. The first kappa shape index (κ1) is 16.1. The highest BCUT2D eigenvalue weighted by atomic mass is 35.5. The van der Waals surface area contributed by atoms with E-state index in [-0.39, 0.29) is 21.8 Å². The smallest absolute Gasteiger partial charge is 0.223 e. The van der Waals surface area contributed by atoms with E-state index in [2.05, 4.69) is 9.98 Å². The van der Waals surface area contributed by atoms with E-state index in [0.29, 0.717) is 10.7 Å². The highest BCUT2D eigenvalue weighted by molar-refractivity contribution is 6.66. The fourth-order valence-electron chi connectivity index (χ4n) is 2.29. The summed E-state index contributed by atoms with van der Waals surface area (Å²) in [5.41, 5.74) is 6.78. The van der Waals surface area contributed by atoms with Gasteiger partial charge in [-0.3, -0.25) is 4.90 Å². The second-order valence-corrected chi connectivity index (χ2v) is 5.91. The molecule has 3 rings (SSSR count). The summed E-state index contributed by atoms with van der Waals surface area (Å²) in [6, 6.07) is 11.2. The molecule has 2 aromatic rings. The fourth-order valence-corrected chi connectivity index (χ4v) is 2.85. The van der Waals surface area contributed by atoms with E-state index < -0.39 is 12.0 Å². The molecular formula is C15H10Cl3FN4. The number of benzene rings is 2. The van der Waals surface area contributed by atoms with E-state index in [1.54, 1.807) is 30.3 Å². The van der Waals surface area contributed by atoms with Gasteiger partial charge >= 0.3 is 0 Å². The van der Waals surface area contributed by atoms with Gasteiger partial charge in [0.05, 0.1) is 10.6 Å². The van der Waals surface area contributed by atoms with Crippen molar-refractivity contribution in [3.63, 3.8) is 0 Å². The molecule has 23 heavy (non-hydrogen) atoms. The normalized spacial score (nSPS) is 17.7. The number of nitrogens with zero attached hydrogens (tertiary/aromatic N) is 3. The summed E-state index contributed by atoms with van der Waals surface area (Å²) in [5.74, 6) is -0.430. The first-order valence-electron chi connectivity index (χ1n) is 6.53. The van der Waals surface area contributed by atoms with Crippen LogP contribution in [0.15, 0.2) is 52.4 Å². The van der Waals surface area contributed by atoms with Crippen molar-refractivity contribution in [1.82, 2.24) is 0 Å². The largest absolute Gasteiger partial charge is 0.369 e. The number of amidine groups is 1. The lowest BCUT2D eigenvalue weighted by atomic mass is 10.1. The van der Waals surface area contributed by atoms with Crippen LogP contribution in [-0.2, 0) is 0 Å². The second-order valence-electron chi connectivity index (χ2n) is 4.72. The molecule has 8 heteroatoms. The molecule has 1 unspecified atom stereocenters. The van der Waals surface area contributed by atoms with E-state index in [9.17, 15) is 4.39 Å². The highest BCUT2D eigenvalue weighted by Gasteiger charge is 2.31.